The summed E-state index contributed by atoms with van der Waals surface area (Å²) in [6.45, 7) is 6.79. The molecule has 106 valence electrons. The van der Waals surface area contributed by atoms with E-state index >= 15 is 0 Å². The third-order valence-electron chi connectivity index (χ3n) is 4.00. The Labute approximate surface area is 118 Å². The summed E-state index contributed by atoms with van der Waals surface area (Å²) in [5.74, 6) is 0. The van der Waals surface area contributed by atoms with E-state index in [0.717, 1.165) is 36.4 Å². The van der Waals surface area contributed by atoms with E-state index in [4.69, 9.17) is 0 Å². The number of pyridine rings is 1. The molecule has 20 heavy (non-hydrogen) atoms. The lowest BCUT2D eigenvalue weighted by Gasteiger charge is -2.24. The lowest BCUT2D eigenvalue weighted by molar-refractivity contribution is 0.383. The maximum Gasteiger partial charge on any atom is 0.258 e. The Morgan fingerprint density at radius 2 is 2.40 bits per heavy atom. The van der Waals surface area contributed by atoms with Gasteiger partial charge in [-0.25, -0.2) is 4.98 Å². The van der Waals surface area contributed by atoms with Crippen LogP contribution in [0.15, 0.2) is 29.2 Å². The minimum absolute atomic E-state index is 0.0230. The van der Waals surface area contributed by atoms with Crippen molar-refractivity contribution < 1.29 is 0 Å². The third kappa shape index (κ3) is 2.46. The van der Waals surface area contributed by atoms with Crippen LogP contribution in [0.2, 0.25) is 0 Å². The van der Waals surface area contributed by atoms with E-state index in [2.05, 4.69) is 22.5 Å². The van der Waals surface area contributed by atoms with Crippen LogP contribution in [0.5, 0.6) is 0 Å². The molecule has 1 atom stereocenters. The number of aryl methyl sites for hydroxylation is 1. The Hall–Kier alpha value is -1.72. The third-order valence-corrected chi connectivity index (χ3v) is 4.00. The van der Waals surface area contributed by atoms with E-state index < -0.39 is 0 Å². The molecule has 0 aromatic carbocycles. The van der Waals surface area contributed by atoms with Crippen LogP contribution in [0.25, 0.3) is 5.65 Å². The molecule has 5 heteroatoms. The van der Waals surface area contributed by atoms with Crippen LogP contribution in [0.3, 0.4) is 0 Å². The quantitative estimate of drug-likeness (QED) is 0.869. The molecule has 1 unspecified atom stereocenters. The molecule has 0 radical (unpaired) electrons. The van der Waals surface area contributed by atoms with Gasteiger partial charge in [-0.1, -0.05) is 6.07 Å². The predicted molar refractivity (Wildman–Crippen MR) is 78.9 cm³/mol. The molecule has 2 aromatic heterocycles. The van der Waals surface area contributed by atoms with Gasteiger partial charge in [-0.15, -0.1) is 0 Å². The van der Waals surface area contributed by atoms with Gasteiger partial charge in [0.05, 0.1) is 5.69 Å². The van der Waals surface area contributed by atoms with E-state index in [1.807, 2.05) is 19.1 Å². The fourth-order valence-corrected chi connectivity index (χ4v) is 2.67. The Kier molecular flexibility index (Phi) is 3.31. The SMILES string of the molecule is Cc1cccn2c(=O)cc(CNC3(C)CCNC3)nc12. The molecule has 0 amide bonds. The molecule has 1 aliphatic rings. The molecule has 0 bridgehead atoms. The van der Waals surface area contributed by atoms with Gasteiger partial charge in [0.1, 0.15) is 5.65 Å². The van der Waals surface area contributed by atoms with Crippen molar-refractivity contribution in [3.8, 4) is 0 Å². The van der Waals surface area contributed by atoms with Gasteiger partial charge in [-0.3, -0.25) is 9.20 Å². The topological polar surface area (TPSA) is 58.4 Å². The normalized spacial score (nSPS) is 22.5. The highest BCUT2D eigenvalue weighted by Gasteiger charge is 2.27. The van der Waals surface area contributed by atoms with E-state index in [9.17, 15) is 4.79 Å². The van der Waals surface area contributed by atoms with Gasteiger partial charge in [-0.05, 0) is 38.4 Å². The zero-order valence-electron chi connectivity index (χ0n) is 11.9. The molecule has 5 nitrogen and oxygen atoms in total. The number of aromatic nitrogens is 2. The summed E-state index contributed by atoms with van der Waals surface area (Å²) < 4.78 is 1.59. The number of hydrogen-bond donors (Lipinski definition) is 2. The van der Waals surface area contributed by atoms with Gasteiger partial charge in [0, 0.05) is 30.9 Å². The van der Waals surface area contributed by atoms with Crippen molar-refractivity contribution in [3.05, 3.63) is 46.0 Å². The predicted octanol–water partition coefficient (Wildman–Crippen LogP) is 0.845. The van der Waals surface area contributed by atoms with Gasteiger partial charge in [0.15, 0.2) is 0 Å². The van der Waals surface area contributed by atoms with Crippen LogP contribution >= 0.6 is 0 Å². The molecule has 0 saturated carbocycles. The fraction of sp³-hybridized carbons (Fsp3) is 0.467. The van der Waals surface area contributed by atoms with Gasteiger partial charge >= 0.3 is 0 Å². The minimum atomic E-state index is -0.0230. The van der Waals surface area contributed by atoms with Gasteiger partial charge in [0.25, 0.3) is 5.56 Å². The summed E-state index contributed by atoms with van der Waals surface area (Å²) in [6, 6.07) is 5.46. The summed E-state index contributed by atoms with van der Waals surface area (Å²) in [5.41, 5.74) is 2.63. The van der Waals surface area contributed by atoms with Crippen molar-refractivity contribution in [1.29, 1.82) is 0 Å². The lowest BCUT2D eigenvalue weighted by atomic mass is 10.0. The van der Waals surface area contributed by atoms with E-state index in [-0.39, 0.29) is 11.1 Å². The number of fused-ring (bicyclic) bond motifs is 1. The summed E-state index contributed by atoms with van der Waals surface area (Å²) in [7, 11) is 0. The first kappa shape index (κ1) is 13.3. The van der Waals surface area contributed by atoms with Crippen LogP contribution in [-0.2, 0) is 6.54 Å². The standard InChI is InChI=1S/C15H20N4O/c1-11-4-3-7-19-13(20)8-12(18-14(11)19)9-17-15(2)5-6-16-10-15/h3-4,7-8,16-17H,5-6,9-10H2,1-2H3. The van der Waals surface area contributed by atoms with Crippen LogP contribution < -0.4 is 16.2 Å². The molecule has 1 saturated heterocycles. The zero-order valence-corrected chi connectivity index (χ0v) is 11.9. The summed E-state index contributed by atoms with van der Waals surface area (Å²) >= 11 is 0. The molecule has 2 aromatic rings. The van der Waals surface area contributed by atoms with Crippen LogP contribution in [0.4, 0.5) is 0 Å². The summed E-state index contributed by atoms with van der Waals surface area (Å²) in [4.78, 5) is 16.7. The van der Waals surface area contributed by atoms with Gasteiger partial charge < -0.3 is 10.6 Å². The van der Waals surface area contributed by atoms with E-state index in [1.165, 1.54) is 0 Å². The molecule has 0 aliphatic carbocycles. The second-order valence-corrected chi connectivity index (χ2v) is 5.81. The van der Waals surface area contributed by atoms with Crippen LogP contribution in [0.1, 0.15) is 24.6 Å². The fourth-order valence-electron chi connectivity index (χ4n) is 2.67. The van der Waals surface area contributed by atoms with Crippen molar-refractivity contribution in [1.82, 2.24) is 20.0 Å². The molecular weight excluding hydrogens is 252 g/mol. The molecular formula is C15H20N4O. The Balaban J connectivity index is 1.89. The first-order valence-electron chi connectivity index (χ1n) is 7.01. The Bertz CT molecular complexity index is 686. The second kappa shape index (κ2) is 5.00. The van der Waals surface area contributed by atoms with E-state index in [0.29, 0.717) is 6.54 Å². The number of hydrogen-bond acceptors (Lipinski definition) is 4. The van der Waals surface area contributed by atoms with Crippen molar-refractivity contribution in [2.45, 2.75) is 32.4 Å². The van der Waals surface area contributed by atoms with Gasteiger partial charge in [0.2, 0.25) is 0 Å². The maximum absolute atomic E-state index is 12.1. The van der Waals surface area contributed by atoms with Crippen molar-refractivity contribution >= 4 is 5.65 Å². The smallest absolute Gasteiger partial charge is 0.258 e. The van der Waals surface area contributed by atoms with Crippen molar-refractivity contribution in [3.63, 3.8) is 0 Å². The molecule has 2 N–H and O–H groups in total. The molecule has 0 spiro atoms. The average molecular weight is 272 g/mol. The molecule has 3 heterocycles. The number of nitrogens with one attached hydrogen (secondary N) is 2. The van der Waals surface area contributed by atoms with Crippen LogP contribution in [-0.4, -0.2) is 28.0 Å². The minimum Gasteiger partial charge on any atom is -0.315 e. The van der Waals surface area contributed by atoms with Crippen LogP contribution in [0, 0.1) is 6.92 Å². The largest absolute Gasteiger partial charge is 0.315 e. The van der Waals surface area contributed by atoms with Crippen molar-refractivity contribution in [2.75, 3.05) is 13.1 Å². The second-order valence-electron chi connectivity index (χ2n) is 5.81. The first-order chi connectivity index (χ1) is 9.57. The van der Waals surface area contributed by atoms with E-state index in [1.54, 1.807) is 16.7 Å². The number of rotatable bonds is 3. The zero-order chi connectivity index (χ0) is 14.2. The number of nitrogens with zero attached hydrogens (tertiary/aromatic N) is 2. The highest BCUT2D eigenvalue weighted by atomic mass is 16.1. The Morgan fingerprint density at radius 3 is 3.15 bits per heavy atom. The highest BCUT2D eigenvalue weighted by molar-refractivity contribution is 5.46. The van der Waals surface area contributed by atoms with Gasteiger partial charge in [-0.2, -0.15) is 0 Å². The lowest BCUT2D eigenvalue weighted by Crippen LogP contribution is -2.43. The average Bonchev–Trinajstić information content (AvgIpc) is 2.85. The highest BCUT2D eigenvalue weighted by Crippen LogP contribution is 2.14. The molecule has 3 rings (SSSR count). The first-order valence-corrected chi connectivity index (χ1v) is 7.01. The Morgan fingerprint density at radius 1 is 1.55 bits per heavy atom. The van der Waals surface area contributed by atoms with Crippen molar-refractivity contribution in [2.24, 2.45) is 0 Å². The molecule has 1 aliphatic heterocycles. The monoisotopic (exact) mass is 272 g/mol. The molecule has 1 fully saturated rings. The summed E-state index contributed by atoms with van der Waals surface area (Å²) in [6.07, 6.45) is 2.86. The maximum atomic E-state index is 12.1. The summed E-state index contributed by atoms with van der Waals surface area (Å²) in [5, 5.41) is 6.86.